The topological polar surface area (TPSA) is 20.3 Å². The molecule has 0 spiro atoms. The molecule has 2 nitrogen and oxygen atoms in total. The molecule has 0 saturated heterocycles. The van der Waals surface area contributed by atoms with Crippen LogP contribution in [0, 0.1) is 0 Å². The predicted molar refractivity (Wildman–Crippen MR) is 86.2 cm³/mol. The van der Waals surface area contributed by atoms with Gasteiger partial charge >= 0.3 is 6.18 Å². The largest absolute Gasteiger partial charge is 0.417 e. The van der Waals surface area contributed by atoms with Crippen LogP contribution in [0.5, 0.6) is 0 Å². The average Bonchev–Trinajstić information content (AvgIpc) is 2.47. The van der Waals surface area contributed by atoms with Crippen molar-refractivity contribution in [3.63, 3.8) is 0 Å². The van der Waals surface area contributed by atoms with Gasteiger partial charge in [-0.05, 0) is 31.5 Å². The zero-order valence-corrected chi connectivity index (χ0v) is 14.5. The van der Waals surface area contributed by atoms with Gasteiger partial charge in [0.25, 0.3) is 0 Å². The number of alkyl halides is 4. The smallest absolute Gasteiger partial charge is 0.377 e. The number of nitrogens with zero attached hydrogens (tertiary/aromatic N) is 1. The van der Waals surface area contributed by atoms with Crippen LogP contribution >= 0.6 is 27.5 Å². The highest BCUT2D eigenvalue weighted by Gasteiger charge is 2.33. The van der Waals surface area contributed by atoms with E-state index in [1.54, 1.807) is 6.20 Å². The average molecular weight is 399 g/mol. The van der Waals surface area contributed by atoms with Crippen LogP contribution in [0.3, 0.4) is 0 Å². The van der Waals surface area contributed by atoms with E-state index in [-0.39, 0.29) is 27.3 Å². The summed E-state index contributed by atoms with van der Waals surface area (Å²) in [6, 6.07) is 3.50. The second-order valence-electron chi connectivity index (χ2n) is 4.51. The van der Waals surface area contributed by atoms with Gasteiger partial charge in [-0.3, -0.25) is 4.79 Å². The molecule has 0 aliphatic carbocycles. The van der Waals surface area contributed by atoms with Gasteiger partial charge in [0.15, 0.2) is 5.78 Å². The summed E-state index contributed by atoms with van der Waals surface area (Å²) in [7, 11) is 0. The molecule has 0 saturated carbocycles. The van der Waals surface area contributed by atoms with Crippen LogP contribution in [-0.2, 0) is 11.0 Å². The number of hydrogen-bond donors (Lipinski definition) is 0. The summed E-state index contributed by atoms with van der Waals surface area (Å²) in [6.45, 7) is 5.10. The van der Waals surface area contributed by atoms with Crippen molar-refractivity contribution in [2.45, 2.75) is 20.0 Å². The van der Waals surface area contributed by atoms with E-state index in [2.05, 4.69) is 15.9 Å². The van der Waals surface area contributed by atoms with Crippen LogP contribution in [-0.4, -0.2) is 29.1 Å². The molecule has 0 bridgehead atoms. The van der Waals surface area contributed by atoms with Gasteiger partial charge < -0.3 is 4.90 Å². The molecule has 0 atom stereocenters. The predicted octanol–water partition coefficient (Wildman–Crippen LogP) is 5.01. The maximum absolute atomic E-state index is 13.0. The zero-order valence-electron chi connectivity index (χ0n) is 12.2. The van der Waals surface area contributed by atoms with Crippen molar-refractivity contribution in [1.82, 2.24) is 4.90 Å². The second kappa shape index (κ2) is 8.02. The highest BCUT2D eigenvalue weighted by molar-refractivity contribution is 9.09. The Labute approximate surface area is 141 Å². The number of rotatable bonds is 6. The quantitative estimate of drug-likeness (QED) is 0.496. The van der Waals surface area contributed by atoms with E-state index < -0.39 is 11.7 Å². The van der Waals surface area contributed by atoms with Gasteiger partial charge in [-0.15, -0.1) is 0 Å². The molecule has 122 valence electrons. The Bertz CT molecular complexity index is 568. The third-order valence-electron chi connectivity index (χ3n) is 3.13. The molecular weight excluding hydrogens is 383 g/mol. The highest BCUT2D eigenvalue weighted by atomic mass is 79.9. The standard InChI is InChI=1S/C15H16BrClF3NO/c1-3-21(4-2)9-11(14(22)8-16)10-5-6-13(17)12(7-10)15(18,19)20/h5-7,9H,3-4,8H2,1-2H3. The Morgan fingerprint density at radius 2 is 1.91 bits per heavy atom. The van der Waals surface area contributed by atoms with Gasteiger partial charge in [-0.1, -0.05) is 33.6 Å². The molecule has 0 aliphatic heterocycles. The number of halogens is 5. The van der Waals surface area contributed by atoms with E-state index in [1.165, 1.54) is 6.07 Å². The Morgan fingerprint density at radius 3 is 2.36 bits per heavy atom. The SMILES string of the molecule is CCN(C=C(C(=O)CBr)c1ccc(Cl)c(C(F)(F)F)c1)CC. The lowest BCUT2D eigenvalue weighted by atomic mass is 10.0. The summed E-state index contributed by atoms with van der Waals surface area (Å²) in [6.07, 6.45) is -2.97. The molecule has 22 heavy (non-hydrogen) atoms. The van der Waals surface area contributed by atoms with Crippen LogP contribution in [0.4, 0.5) is 13.2 Å². The minimum absolute atomic E-state index is 0.0318. The molecule has 0 amide bonds. The van der Waals surface area contributed by atoms with Crippen LogP contribution in [0.15, 0.2) is 24.4 Å². The molecule has 0 radical (unpaired) electrons. The minimum atomic E-state index is -4.56. The van der Waals surface area contributed by atoms with E-state index in [0.29, 0.717) is 13.1 Å². The second-order valence-corrected chi connectivity index (χ2v) is 5.48. The van der Waals surface area contributed by atoms with Gasteiger partial charge in [0.2, 0.25) is 0 Å². The number of hydrogen-bond acceptors (Lipinski definition) is 2. The van der Waals surface area contributed by atoms with E-state index in [9.17, 15) is 18.0 Å². The van der Waals surface area contributed by atoms with Crippen molar-refractivity contribution in [2.75, 3.05) is 18.4 Å². The van der Waals surface area contributed by atoms with Crippen LogP contribution in [0.25, 0.3) is 5.57 Å². The van der Waals surface area contributed by atoms with Crippen molar-refractivity contribution in [1.29, 1.82) is 0 Å². The number of benzene rings is 1. The van der Waals surface area contributed by atoms with Crippen molar-refractivity contribution < 1.29 is 18.0 Å². The Kier molecular flexibility index (Phi) is 6.94. The number of carbonyl (C=O) groups excluding carboxylic acids is 1. The highest BCUT2D eigenvalue weighted by Crippen LogP contribution is 2.36. The monoisotopic (exact) mass is 397 g/mol. The molecule has 1 aromatic rings. The van der Waals surface area contributed by atoms with Gasteiger partial charge in [-0.2, -0.15) is 13.2 Å². The molecular formula is C15H16BrClF3NO. The Morgan fingerprint density at radius 1 is 1.32 bits per heavy atom. The molecule has 0 N–H and O–H groups in total. The fraction of sp³-hybridized carbons (Fsp3) is 0.400. The van der Waals surface area contributed by atoms with Crippen LogP contribution in [0.1, 0.15) is 25.0 Å². The number of carbonyl (C=O) groups is 1. The first kappa shape index (κ1) is 19.0. The van der Waals surface area contributed by atoms with Crippen molar-refractivity contribution in [3.8, 4) is 0 Å². The van der Waals surface area contributed by atoms with E-state index >= 15 is 0 Å². The molecule has 7 heteroatoms. The maximum Gasteiger partial charge on any atom is 0.417 e. The van der Waals surface area contributed by atoms with Gasteiger partial charge in [0.05, 0.1) is 15.9 Å². The van der Waals surface area contributed by atoms with Crippen molar-refractivity contribution in [2.24, 2.45) is 0 Å². The summed E-state index contributed by atoms with van der Waals surface area (Å²) in [4.78, 5) is 13.9. The van der Waals surface area contributed by atoms with E-state index in [4.69, 9.17) is 11.6 Å². The fourth-order valence-electron chi connectivity index (χ4n) is 1.88. The van der Waals surface area contributed by atoms with E-state index in [1.807, 2.05) is 18.7 Å². The minimum Gasteiger partial charge on any atom is -0.377 e. The zero-order chi connectivity index (χ0) is 16.9. The third kappa shape index (κ3) is 4.74. The molecule has 0 heterocycles. The van der Waals surface area contributed by atoms with E-state index in [0.717, 1.165) is 12.1 Å². The summed E-state index contributed by atoms with van der Waals surface area (Å²) in [5.41, 5.74) is -0.518. The third-order valence-corrected chi connectivity index (χ3v) is 3.97. The van der Waals surface area contributed by atoms with Crippen molar-refractivity contribution >= 4 is 38.9 Å². The first-order chi connectivity index (χ1) is 10.2. The van der Waals surface area contributed by atoms with Gasteiger partial charge in [0.1, 0.15) is 0 Å². The molecule has 1 rings (SSSR count). The summed E-state index contributed by atoms with van der Waals surface area (Å²) in [5.74, 6) is -0.289. The number of allylic oxidation sites excluding steroid dienone is 1. The first-order valence-electron chi connectivity index (χ1n) is 6.66. The van der Waals surface area contributed by atoms with Crippen molar-refractivity contribution in [3.05, 3.63) is 40.5 Å². The molecule has 0 aromatic heterocycles. The van der Waals surface area contributed by atoms with Crippen LogP contribution in [0.2, 0.25) is 5.02 Å². The Balaban J connectivity index is 3.41. The molecule has 0 aliphatic rings. The summed E-state index contributed by atoms with van der Waals surface area (Å²) in [5, 5.41) is -0.353. The lowest BCUT2D eigenvalue weighted by molar-refractivity contribution is -0.137. The molecule has 0 fully saturated rings. The number of ketones is 1. The van der Waals surface area contributed by atoms with Crippen LogP contribution < -0.4 is 0 Å². The normalized spacial score (nSPS) is 12.4. The maximum atomic E-state index is 13.0. The lowest BCUT2D eigenvalue weighted by Gasteiger charge is -2.18. The Hall–Kier alpha value is -1.01. The molecule has 0 unspecified atom stereocenters. The first-order valence-corrected chi connectivity index (χ1v) is 8.16. The van der Waals surface area contributed by atoms with Gasteiger partial charge in [-0.25, -0.2) is 0 Å². The molecule has 1 aromatic carbocycles. The van der Waals surface area contributed by atoms with Gasteiger partial charge in [0, 0.05) is 24.9 Å². The number of Topliss-reactive ketones (excluding diaryl/α,β-unsaturated/α-hetero) is 1. The fourth-order valence-corrected chi connectivity index (χ4v) is 2.41. The lowest BCUT2D eigenvalue weighted by Crippen LogP contribution is -2.18. The summed E-state index contributed by atoms with van der Waals surface area (Å²) < 4.78 is 38.9. The summed E-state index contributed by atoms with van der Waals surface area (Å²) >= 11 is 8.68.